The molecule has 1 amide bonds. The number of H-pyrrole nitrogens is 1. The van der Waals surface area contributed by atoms with Crippen molar-refractivity contribution in [3.63, 3.8) is 0 Å². The number of carbonyl (C=O) groups is 1. The molecule has 0 aliphatic carbocycles. The van der Waals surface area contributed by atoms with E-state index in [4.69, 9.17) is 42.9 Å². The van der Waals surface area contributed by atoms with Gasteiger partial charge < -0.3 is 55.9 Å². The van der Waals surface area contributed by atoms with E-state index in [9.17, 15) is 33.4 Å². The summed E-state index contributed by atoms with van der Waals surface area (Å²) in [5.41, 5.74) is 11.3. The molecule has 6 atom stereocenters. The van der Waals surface area contributed by atoms with Crippen LogP contribution in [-0.2, 0) is 41.1 Å². The Morgan fingerprint density at radius 1 is 1.23 bits per heavy atom. The van der Waals surface area contributed by atoms with Gasteiger partial charge in [0.2, 0.25) is 11.9 Å². The molecule has 3 unspecified atom stereocenters. The second-order valence-electron chi connectivity index (χ2n) is 7.63. The lowest BCUT2D eigenvalue weighted by Gasteiger charge is -2.22. The maximum absolute atomic E-state index is 12.1. The summed E-state index contributed by atoms with van der Waals surface area (Å²) >= 11 is 5.16. The first kappa shape index (κ1) is 31.8. The van der Waals surface area contributed by atoms with Gasteiger partial charge in [-0.3, -0.25) is 13.9 Å². The normalized spacial score (nSPS) is 24.9. The van der Waals surface area contributed by atoms with Gasteiger partial charge in [0.25, 0.3) is 0 Å². The van der Waals surface area contributed by atoms with E-state index in [1.165, 1.54) is 10.9 Å². The first-order valence-corrected chi connectivity index (χ1v) is 15.4. The molecule has 1 fully saturated rings. The van der Waals surface area contributed by atoms with Crippen molar-refractivity contribution >= 4 is 58.7 Å². The van der Waals surface area contributed by atoms with Crippen LogP contribution in [0, 0.1) is 4.64 Å². The highest BCUT2D eigenvalue weighted by Crippen LogP contribution is 2.66. The Balaban J connectivity index is 1.82. The molecular formula is C14H24N7O14P3S. The van der Waals surface area contributed by atoms with Crippen molar-refractivity contribution in [3.8, 4) is 0 Å². The number of nitrogens with one attached hydrogen (secondary N) is 2. The maximum Gasteiger partial charge on any atom is 0.490 e. The van der Waals surface area contributed by atoms with Gasteiger partial charge in [0.15, 0.2) is 11.9 Å². The number of aliphatic hydroxyl groups excluding tert-OH is 1. The van der Waals surface area contributed by atoms with Gasteiger partial charge in [-0.1, -0.05) is 12.2 Å². The van der Waals surface area contributed by atoms with Crippen LogP contribution in [0.2, 0.25) is 0 Å². The lowest BCUT2D eigenvalue weighted by Crippen LogP contribution is -2.39. The van der Waals surface area contributed by atoms with E-state index in [2.05, 4.69) is 33.4 Å². The summed E-state index contributed by atoms with van der Waals surface area (Å²) in [7, 11) is -16.9. The number of rotatable bonds is 13. The third-order valence-electron chi connectivity index (χ3n) is 4.73. The topological polar surface area (TPSA) is 326 Å². The Morgan fingerprint density at radius 3 is 2.56 bits per heavy atom. The summed E-state index contributed by atoms with van der Waals surface area (Å²) in [6.07, 6.45) is -4.62. The van der Waals surface area contributed by atoms with E-state index < -0.39 is 67.1 Å². The number of nitrogen functional groups attached to an aromatic ring is 1. The van der Waals surface area contributed by atoms with Crippen LogP contribution in [0.15, 0.2) is 6.33 Å². The average Bonchev–Trinajstić information content (AvgIpc) is 3.33. The smallest absolute Gasteiger partial charge is 0.387 e. The number of imidazole rings is 1. The zero-order chi connectivity index (χ0) is 29.2. The summed E-state index contributed by atoms with van der Waals surface area (Å²) in [5.74, 6) is -0.681. The standard InChI is InChI=1S/C14H24N7O14P3S/c15-1-2-17-7(22)4-31-10-9(23)6(3-32-37(27,28)35-38(29,30)34-36(24,25)26)33-13(10)21-5-18-8-11(21)19-14(16)20-12(8)39/h5-6,9-10,13,23H,1-4,15H2,(H,17,22)(H,27,28)(H,29,30)(H2,24,25,26)(H3,16,19,20,39)/t6-,9+,10?,13-/m1/s1. The molecule has 0 aromatic carbocycles. The highest BCUT2D eigenvalue weighted by atomic mass is 32.1. The molecule has 3 rings (SSSR count). The first-order chi connectivity index (χ1) is 18.0. The van der Waals surface area contributed by atoms with Crippen molar-refractivity contribution < 1.29 is 65.8 Å². The maximum atomic E-state index is 12.1. The van der Waals surface area contributed by atoms with Crippen molar-refractivity contribution in [2.45, 2.75) is 24.5 Å². The Hall–Kier alpha value is -1.71. The van der Waals surface area contributed by atoms with Gasteiger partial charge in [0.1, 0.15) is 35.1 Å². The van der Waals surface area contributed by atoms with Gasteiger partial charge in [-0.05, 0) is 0 Å². The van der Waals surface area contributed by atoms with E-state index in [0.29, 0.717) is 0 Å². The number of amides is 1. The van der Waals surface area contributed by atoms with Crippen LogP contribution in [0.4, 0.5) is 5.95 Å². The number of aromatic amines is 1. The fourth-order valence-corrected chi connectivity index (χ4v) is 6.57. The molecule has 1 aliphatic rings. The summed E-state index contributed by atoms with van der Waals surface area (Å²) in [6.45, 7) is -1.28. The molecular weight excluding hydrogens is 615 g/mol. The van der Waals surface area contributed by atoms with Crippen LogP contribution in [0.1, 0.15) is 6.23 Å². The number of aliphatic hydroxyl groups is 1. The predicted molar refractivity (Wildman–Crippen MR) is 129 cm³/mol. The number of carbonyl (C=O) groups excluding carboxylic acids is 1. The van der Waals surface area contributed by atoms with E-state index in [1.54, 1.807) is 0 Å². The van der Waals surface area contributed by atoms with Gasteiger partial charge in [-0.25, -0.2) is 18.7 Å². The molecule has 11 N–H and O–H groups in total. The highest BCUT2D eigenvalue weighted by molar-refractivity contribution is 7.71. The van der Waals surface area contributed by atoms with Crippen LogP contribution in [0.3, 0.4) is 0 Å². The fraction of sp³-hybridized carbons (Fsp3) is 0.571. The molecule has 0 radical (unpaired) electrons. The third kappa shape index (κ3) is 8.64. The van der Waals surface area contributed by atoms with Crippen LogP contribution < -0.4 is 16.8 Å². The fourth-order valence-electron chi connectivity index (χ4n) is 3.29. The molecule has 1 aliphatic heterocycles. The zero-order valence-electron chi connectivity index (χ0n) is 19.4. The first-order valence-electron chi connectivity index (χ1n) is 10.4. The van der Waals surface area contributed by atoms with Crippen molar-refractivity contribution in [1.82, 2.24) is 24.8 Å². The van der Waals surface area contributed by atoms with Gasteiger partial charge in [-0.2, -0.15) is 13.6 Å². The predicted octanol–water partition coefficient (Wildman–Crippen LogP) is -1.87. The number of hydrogen-bond donors (Lipinski definition) is 9. The number of phosphoric ester groups is 1. The minimum Gasteiger partial charge on any atom is -0.387 e. The Kier molecular flexibility index (Phi) is 10.1. The lowest BCUT2D eigenvalue weighted by atomic mass is 10.1. The Morgan fingerprint density at radius 2 is 1.92 bits per heavy atom. The van der Waals surface area contributed by atoms with Crippen LogP contribution >= 0.6 is 35.7 Å². The van der Waals surface area contributed by atoms with Crippen LogP contribution in [0.5, 0.6) is 0 Å². The Labute approximate surface area is 222 Å². The number of hydrogen-bond acceptors (Lipinski definition) is 15. The molecule has 2 aromatic heterocycles. The SMILES string of the molecule is NCCNC(=O)COC1[C@@H](O)[C@@H](COP(=O)(O)OP(=O)(O)OP(=O)(O)O)O[C@H]1n1cnc2c(=S)[nH]c(N)nc21. The zero-order valence-corrected chi connectivity index (χ0v) is 22.9. The van der Waals surface area contributed by atoms with Crippen molar-refractivity contribution in [2.75, 3.05) is 32.0 Å². The van der Waals surface area contributed by atoms with E-state index >= 15 is 0 Å². The molecule has 3 heterocycles. The average molecular weight is 639 g/mol. The number of nitrogens with zero attached hydrogens (tertiary/aromatic N) is 3. The quantitative estimate of drug-likeness (QED) is 0.0856. The molecule has 0 saturated carbocycles. The minimum absolute atomic E-state index is 0.0863. The molecule has 0 spiro atoms. The highest BCUT2D eigenvalue weighted by Gasteiger charge is 2.48. The lowest BCUT2D eigenvalue weighted by molar-refractivity contribution is -0.132. The van der Waals surface area contributed by atoms with Crippen molar-refractivity contribution in [2.24, 2.45) is 5.73 Å². The summed E-state index contributed by atoms with van der Waals surface area (Å²) in [5, 5.41) is 13.3. The summed E-state index contributed by atoms with van der Waals surface area (Å²) < 4.78 is 58.9. The van der Waals surface area contributed by atoms with Crippen LogP contribution in [0.25, 0.3) is 11.2 Å². The second-order valence-corrected chi connectivity index (χ2v) is 12.5. The molecule has 39 heavy (non-hydrogen) atoms. The van der Waals surface area contributed by atoms with Gasteiger partial charge >= 0.3 is 23.5 Å². The molecule has 25 heteroatoms. The van der Waals surface area contributed by atoms with Gasteiger partial charge in [0, 0.05) is 13.1 Å². The van der Waals surface area contributed by atoms with Crippen molar-refractivity contribution in [1.29, 1.82) is 0 Å². The number of aromatic nitrogens is 4. The van der Waals surface area contributed by atoms with Gasteiger partial charge in [-0.15, -0.1) is 0 Å². The van der Waals surface area contributed by atoms with E-state index in [1.807, 2.05) is 0 Å². The van der Waals surface area contributed by atoms with Crippen LogP contribution in [-0.4, -0.2) is 94.7 Å². The largest absolute Gasteiger partial charge is 0.490 e. The molecule has 21 nitrogen and oxygen atoms in total. The monoisotopic (exact) mass is 639 g/mol. The molecule has 220 valence electrons. The number of anilines is 1. The molecule has 1 saturated heterocycles. The van der Waals surface area contributed by atoms with Gasteiger partial charge in [0.05, 0.1) is 12.9 Å². The number of nitrogens with two attached hydrogens (primary N) is 2. The summed E-state index contributed by atoms with van der Waals surface area (Å²) in [6, 6.07) is 0. The third-order valence-corrected chi connectivity index (χ3v) is 8.83. The summed E-state index contributed by atoms with van der Waals surface area (Å²) in [4.78, 5) is 59.1. The minimum atomic E-state index is -5.77. The van der Waals surface area contributed by atoms with E-state index in [-0.39, 0.29) is 34.8 Å². The second kappa shape index (κ2) is 12.4. The van der Waals surface area contributed by atoms with E-state index in [0.717, 1.165) is 0 Å². The molecule has 2 aromatic rings. The Bertz CT molecular complexity index is 1400. The number of ether oxygens (including phenoxy) is 2. The molecule has 0 bridgehead atoms. The number of phosphoric acid groups is 3. The van der Waals surface area contributed by atoms with Crippen molar-refractivity contribution in [3.05, 3.63) is 11.0 Å². The number of fused-ring (bicyclic) bond motifs is 1.